The number of benzene rings is 1. The fourth-order valence-electron chi connectivity index (χ4n) is 1.88. The van der Waals surface area contributed by atoms with Gasteiger partial charge in [0.1, 0.15) is 5.75 Å². The average Bonchev–Trinajstić information content (AvgIpc) is 2.40. The summed E-state index contributed by atoms with van der Waals surface area (Å²) in [7, 11) is -1.92. The van der Waals surface area contributed by atoms with Gasteiger partial charge in [-0.2, -0.15) is 0 Å². The van der Waals surface area contributed by atoms with Crippen molar-refractivity contribution in [1.82, 2.24) is 4.72 Å². The Hall–Kier alpha value is -1.11. The largest absolute Gasteiger partial charge is 0.496 e. The van der Waals surface area contributed by atoms with Crippen molar-refractivity contribution in [3.05, 3.63) is 23.3 Å². The minimum absolute atomic E-state index is 0.298. The van der Waals surface area contributed by atoms with Gasteiger partial charge < -0.3 is 9.47 Å². The summed E-state index contributed by atoms with van der Waals surface area (Å²) in [6.07, 6.45) is 0.654. The van der Waals surface area contributed by atoms with Crippen molar-refractivity contribution >= 4 is 10.0 Å². The molecule has 0 saturated carbocycles. The fraction of sp³-hybridized carbons (Fsp3) is 0.571. The van der Waals surface area contributed by atoms with Crippen LogP contribution in [0.5, 0.6) is 5.75 Å². The van der Waals surface area contributed by atoms with Gasteiger partial charge in [0.2, 0.25) is 10.0 Å². The molecule has 0 radical (unpaired) electrons. The van der Waals surface area contributed by atoms with Gasteiger partial charge in [-0.15, -0.1) is 0 Å². The van der Waals surface area contributed by atoms with Crippen LogP contribution in [0.2, 0.25) is 0 Å². The van der Waals surface area contributed by atoms with Crippen LogP contribution < -0.4 is 9.46 Å². The standard InChI is InChI=1S/C14H23NO4S/c1-5-19-8-6-7-15-20(16,17)14-10-11(2)13(18-4)9-12(14)3/h9-10,15H,5-8H2,1-4H3. The quantitative estimate of drug-likeness (QED) is 0.746. The molecule has 0 fully saturated rings. The first kappa shape index (κ1) is 16.9. The highest BCUT2D eigenvalue weighted by molar-refractivity contribution is 7.89. The van der Waals surface area contributed by atoms with E-state index in [2.05, 4.69) is 4.72 Å². The third-order valence-corrected chi connectivity index (χ3v) is 4.55. The second kappa shape index (κ2) is 7.61. The molecule has 0 aliphatic carbocycles. The predicted octanol–water partition coefficient (Wildman–Crippen LogP) is 2.02. The van der Waals surface area contributed by atoms with Crippen LogP contribution in [0.3, 0.4) is 0 Å². The summed E-state index contributed by atoms with van der Waals surface area (Å²) in [5.41, 5.74) is 1.47. The molecule has 0 amide bonds. The molecule has 0 heterocycles. The Labute approximate surface area is 121 Å². The molecule has 0 aliphatic rings. The molecule has 0 spiro atoms. The van der Waals surface area contributed by atoms with E-state index in [1.807, 2.05) is 13.8 Å². The van der Waals surface area contributed by atoms with Gasteiger partial charge in [-0.3, -0.25) is 0 Å². The zero-order chi connectivity index (χ0) is 15.2. The number of hydrogen-bond acceptors (Lipinski definition) is 4. The van der Waals surface area contributed by atoms with Crippen molar-refractivity contribution in [3.63, 3.8) is 0 Å². The molecule has 0 bridgehead atoms. The first-order valence-corrected chi connectivity index (χ1v) is 8.13. The van der Waals surface area contributed by atoms with Gasteiger partial charge in [0.25, 0.3) is 0 Å². The Morgan fingerprint density at radius 2 is 1.90 bits per heavy atom. The number of rotatable bonds is 8. The van der Waals surface area contributed by atoms with Crippen molar-refractivity contribution in [2.24, 2.45) is 0 Å². The Morgan fingerprint density at radius 3 is 2.50 bits per heavy atom. The van der Waals surface area contributed by atoms with Gasteiger partial charge in [-0.1, -0.05) is 0 Å². The summed E-state index contributed by atoms with van der Waals surface area (Å²) in [6.45, 7) is 7.06. The summed E-state index contributed by atoms with van der Waals surface area (Å²) in [4.78, 5) is 0.298. The Balaban J connectivity index is 2.80. The number of ether oxygens (including phenoxy) is 2. The van der Waals surface area contributed by atoms with E-state index >= 15 is 0 Å². The van der Waals surface area contributed by atoms with Gasteiger partial charge in [-0.25, -0.2) is 13.1 Å². The highest BCUT2D eigenvalue weighted by Gasteiger charge is 2.18. The van der Waals surface area contributed by atoms with Crippen LogP contribution >= 0.6 is 0 Å². The highest BCUT2D eigenvalue weighted by atomic mass is 32.2. The Kier molecular flexibility index (Phi) is 6.45. The molecule has 0 unspecified atom stereocenters. The molecule has 1 aromatic rings. The maximum Gasteiger partial charge on any atom is 0.240 e. The molecule has 0 saturated heterocycles. The zero-order valence-electron chi connectivity index (χ0n) is 12.5. The van der Waals surface area contributed by atoms with Crippen molar-refractivity contribution in [1.29, 1.82) is 0 Å². The molecule has 0 aliphatic heterocycles. The van der Waals surface area contributed by atoms with Crippen LogP contribution in [0.1, 0.15) is 24.5 Å². The molecule has 1 rings (SSSR count). The van der Waals surface area contributed by atoms with Gasteiger partial charge in [-0.05, 0) is 50.5 Å². The minimum atomic E-state index is -3.49. The molecule has 20 heavy (non-hydrogen) atoms. The first-order chi connectivity index (χ1) is 9.42. The maximum atomic E-state index is 12.2. The van der Waals surface area contributed by atoms with Crippen molar-refractivity contribution in [3.8, 4) is 5.75 Å². The summed E-state index contributed by atoms with van der Waals surface area (Å²) in [5.74, 6) is 0.692. The smallest absolute Gasteiger partial charge is 0.240 e. The summed E-state index contributed by atoms with van der Waals surface area (Å²) >= 11 is 0. The van der Waals surface area contributed by atoms with Crippen molar-refractivity contribution in [2.75, 3.05) is 26.9 Å². The Morgan fingerprint density at radius 1 is 1.20 bits per heavy atom. The molecule has 114 valence electrons. The summed E-state index contributed by atoms with van der Waals surface area (Å²) in [5, 5.41) is 0. The van der Waals surface area contributed by atoms with Crippen LogP contribution in [0.15, 0.2) is 17.0 Å². The van der Waals surface area contributed by atoms with Crippen LogP contribution in [-0.2, 0) is 14.8 Å². The highest BCUT2D eigenvalue weighted by Crippen LogP contribution is 2.25. The van der Waals surface area contributed by atoms with E-state index in [-0.39, 0.29) is 0 Å². The maximum absolute atomic E-state index is 12.2. The van der Waals surface area contributed by atoms with Crippen LogP contribution in [0, 0.1) is 13.8 Å². The van der Waals surface area contributed by atoms with E-state index in [9.17, 15) is 8.42 Å². The lowest BCUT2D eigenvalue weighted by atomic mass is 10.1. The molecule has 5 nitrogen and oxygen atoms in total. The van der Waals surface area contributed by atoms with E-state index in [4.69, 9.17) is 9.47 Å². The molecule has 0 aromatic heterocycles. The second-order valence-corrected chi connectivity index (χ2v) is 6.27. The van der Waals surface area contributed by atoms with Gasteiger partial charge >= 0.3 is 0 Å². The van der Waals surface area contributed by atoms with Crippen molar-refractivity contribution in [2.45, 2.75) is 32.1 Å². The van der Waals surface area contributed by atoms with Gasteiger partial charge in [0.15, 0.2) is 0 Å². The SMILES string of the molecule is CCOCCCNS(=O)(=O)c1cc(C)c(OC)cc1C. The first-order valence-electron chi connectivity index (χ1n) is 6.65. The number of nitrogens with one attached hydrogen (secondary N) is 1. The summed E-state index contributed by atoms with van der Waals surface area (Å²) in [6, 6.07) is 3.38. The monoisotopic (exact) mass is 301 g/mol. The number of hydrogen-bond donors (Lipinski definition) is 1. The second-order valence-electron chi connectivity index (χ2n) is 4.54. The lowest BCUT2D eigenvalue weighted by Crippen LogP contribution is -2.26. The van der Waals surface area contributed by atoms with E-state index in [1.165, 1.54) is 0 Å². The van der Waals surface area contributed by atoms with Crippen LogP contribution in [0.25, 0.3) is 0 Å². The van der Waals surface area contributed by atoms with Gasteiger partial charge in [0, 0.05) is 19.8 Å². The van der Waals surface area contributed by atoms with Crippen molar-refractivity contribution < 1.29 is 17.9 Å². The summed E-state index contributed by atoms with van der Waals surface area (Å²) < 4.78 is 37.4. The molecule has 6 heteroatoms. The topological polar surface area (TPSA) is 64.6 Å². The molecule has 0 atom stereocenters. The Bertz CT molecular complexity index is 540. The number of sulfonamides is 1. The molecular formula is C14H23NO4S. The lowest BCUT2D eigenvalue weighted by molar-refractivity contribution is 0.146. The van der Waals surface area contributed by atoms with Gasteiger partial charge in [0.05, 0.1) is 12.0 Å². The van der Waals surface area contributed by atoms with E-state index in [1.54, 1.807) is 26.2 Å². The van der Waals surface area contributed by atoms with Crippen LogP contribution in [-0.4, -0.2) is 35.3 Å². The van der Waals surface area contributed by atoms with E-state index in [0.717, 1.165) is 5.56 Å². The lowest BCUT2D eigenvalue weighted by Gasteiger charge is -2.12. The number of methoxy groups -OCH3 is 1. The van der Waals surface area contributed by atoms with E-state index < -0.39 is 10.0 Å². The van der Waals surface area contributed by atoms with Crippen LogP contribution in [0.4, 0.5) is 0 Å². The molecule has 1 N–H and O–H groups in total. The normalized spacial score (nSPS) is 11.6. The zero-order valence-corrected chi connectivity index (χ0v) is 13.3. The number of aryl methyl sites for hydroxylation is 2. The average molecular weight is 301 g/mol. The molecular weight excluding hydrogens is 278 g/mol. The fourth-order valence-corrected chi connectivity index (χ4v) is 3.26. The predicted molar refractivity (Wildman–Crippen MR) is 78.8 cm³/mol. The minimum Gasteiger partial charge on any atom is -0.496 e. The third-order valence-electron chi connectivity index (χ3n) is 2.94. The molecule has 1 aromatic carbocycles. The van der Waals surface area contributed by atoms with E-state index in [0.29, 0.717) is 42.4 Å². The third kappa shape index (κ3) is 4.47.